The van der Waals surface area contributed by atoms with Crippen LogP contribution >= 0.6 is 39.1 Å². The molecule has 0 radical (unpaired) electrons. The second-order valence-corrected chi connectivity index (χ2v) is 4.63. The Labute approximate surface area is 112 Å². The topological polar surface area (TPSA) is 26.3 Å². The minimum Gasteiger partial charge on any atom is -0.457 e. The molecule has 0 saturated heterocycles. The highest BCUT2D eigenvalue weighted by molar-refractivity contribution is 9.12. The molecular formula is C11H9BrCl2O2. The molecule has 0 aromatic heterocycles. The first-order valence-corrected chi connectivity index (χ1v) is 6.02. The molecule has 1 aromatic rings. The lowest BCUT2D eigenvalue weighted by molar-refractivity contribution is -0.139. The van der Waals surface area contributed by atoms with Gasteiger partial charge in [0.1, 0.15) is 6.61 Å². The van der Waals surface area contributed by atoms with Crippen LogP contribution in [-0.4, -0.2) is 5.97 Å². The van der Waals surface area contributed by atoms with Gasteiger partial charge in [-0.1, -0.05) is 35.3 Å². The highest BCUT2D eigenvalue weighted by atomic mass is 79.9. The fourth-order valence-corrected chi connectivity index (χ4v) is 1.40. The van der Waals surface area contributed by atoms with Crippen LogP contribution in [0.5, 0.6) is 0 Å². The van der Waals surface area contributed by atoms with Crippen LogP contribution in [0.2, 0.25) is 10.0 Å². The Bertz CT molecular complexity index is 430. The van der Waals surface area contributed by atoms with Crippen LogP contribution in [0, 0.1) is 0 Å². The third-order valence-corrected chi connectivity index (χ3v) is 3.32. The number of benzene rings is 1. The van der Waals surface area contributed by atoms with Crippen LogP contribution in [0.25, 0.3) is 0 Å². The highest BCUT2D eigenvalue weighted by Gasteiger charge is 2.07. The van der Waals surface area contributed by atoms with Gasteiger partial charge in [0.15, 0.2) is 0 Å². The summed E-state index contributed by atoms with van der Waals surface area (Å²) in [5.41, 5.74) is 0.791. The third kappa shape index (κ3) is 3.81. The lowest BCUT2D eigenvalue weighted by Crippen LogP contribution is -2.04. The molecule has 16 heavy (non-hydrogen) atoms. The van der Waals surface area contributed by atoms with Gasteiger partial charge >= 0.3 is 5.97 Å². The number of halogens is 3. The molecule has 0 aliphatic heterocycles. The lowest BCUT2D eigenvalue weighted by Gasteiger charge is -2.05. The van der Waals surface area contributed by atoms with Crippen molar-refractivity contribution >= 4 is 45.1 Å². The number of allylic oxidation sites excluding steroid dienone is 1. The van der Waals surface area contributed by atoms with E-state index >= 15 is 0 Å². The quantitative estimate of drug-likeness (QED) is 0.611. The average molecular weight is 324 g/mol. The Morgan fingerprint density at radius 3 is 2.69 bits per heavy atom. The van der Waals surface area contributed by atoms with Crippen molar-refractivity contribution in [2.75, 3.05) is 0 Å². The first-order valence-electron chi connectivity index (χ1n) is 4.47. The maximum absolute atomic E-state index is 11.3. The largest absolute Gasteiger partial charge is 0.457 e. The predicted molar refractivity (Wildman–Crippen MR) is 68.9 cm³/mol. The molecule has 0 spiro atoms. The summed E-state index contributed by atoms with van der Waals surface area (Å²) in [6, 6.07) is 5.09. The second kappa shape index (κ2) is 6.28. The SMILES string of the molecule is C/C=C(\Br)C(=O)OCc1ccc(Cl)c(Cl)c1. The summed E-state index contributed by atoms with van der Waals surface area (Å²) in [7, 11) is 0. The number of carbonyl (C=O) groups is 1. The Kier molecular flexibility index (Phi) is 5.32. The van der Waals surface area contributed by atoms with E-state index in [2.05, 4.69) is 15.9 Å². The molecule has 0 N–H and O–H groups in total. The zero-order chi connectivity index (χ0) is 12.1. The smallest absolute Gasteiger partial charge is 0.345 e. The first-order chi connectivity index (χ1) is 7.54. The molecule has 0 unspecified atom stereocenters. The summed E-state index contributed by atoms with van der Waals surface area (Å²) in [5, 5.41) is 0.923. The maximum Gasteiger partial charge on any atom is 0.345 e. The predicted octanol–water partition coefficient (Wildman–Crippen LogP) is 4.34. The summed E-state index contributed by atoms with van der Waals surface area (Å²) < 4.78 is 5.42. The van der Waals surface area contributed by atoms with E-state index < -0.39 is 5.97 Å². The van der Waals surface area contributed by atoms with Gasteiger partial charge in [-0.25, -0.2) is 4.79 Å². The molecule has 0 atom stereocenters. The van der Waals surface area contributed by atoms with Crippen molar-refractivity contribution in [1.29, 1.82) is 0 Å². The Morgan fingerprint density at radius 2 is 2.12 bits per heavy atom. The molecular weight excluding hydrogens is 315 g/mol. The number of carbonyl (C=O) groups excluding carboxylic acids is 1. The van der Waals surface area contributed by atoms with Crippen molar-refractivity contribution in [3.63, 3.8) is 0 Å². The van der Waals surface area contributed by atoms with Gasteiger partial charge in [0, 0.05) is 0 Å². The maximum atomic E-state index is 11.3. The third-order valence-electron chi connectivity index (χ3n) is 1.80. The number of hydrogen-bond donors (Lipinski definition) is 0. The molecule has 0 heterocycles. The van der Waals surface area contributed by atoms with Gasteiger partial charge in [0.2, 0.25) is 0 Å². The highest BCUT2D eigenvalue weighted by Crippen LogP contribution is 2.23. The van der Waals surface area contributed by atoms with Crippen molar-refractivity contribution in [3.8, 4) is 0 Å². The summed E-state index contributed by atoms with van der Waals surface area (Å²) in [4.78, 5) is 11.3. The summed E-state index contributed by atoms with van der Waals surface area (Å²) in [5.74, 6) is -0.409. The van der Waals surface area contributed by atoms with E-state index in [1.54, 1.807) is 31.2 Å². The summed E-state index contributed by atoms with van der Waals surface area (Å²) in [6.07, 6.45) is 1.62. The van der Waals surface area contributed by atoms with Crippen molar-refractivity contribution in [2.24, 2.45) is 0 Å². The molecule has 1 aromatic carbocycles. The molecule has 86 valence electrons. The minimum absolute atomic E-state index is 0.165. The second-order valence-electron chi connectivity index (χ2n) is 2.96. The minimum atomic E-state index is -0.409. The average Bonchev–Trinajstić information content (AvgIpc) is 2.29. The van der Waals surface area contributed by atoms with Crippen molar-refractivity contribution < 1.29 is 9.53 Å². The van der Waals surface area contributed by atoms with Crippen LogP contribution in [0.15, 0.2) is 28.8 Å². The normalized spacial score (nSPS) is 11.4. The van der Waals surface area contributed by atoms with Crippen LogP contribution in [-0.2, 0) is 16.1 Å². The zero-order valence-corrected chi connectivity index (χ0v) is 11.6. The Balaban J connectivity index is 2.62. The van der Waals surface area contributed by atoms with E-state index in [0.717, 1.165) is 5.56 Å². The van der Waals surface area contributed by atoms with Gasteiger partial charge in [-0.3, -0.25) is 0 Å². The standard InChI is InChI=1S/C11H9BrCl2O2/c1-2-8(12)11(15)16-6-7-3-4-9(13)10(14)5-7/h2-5H,6H2,1H3/b8-2-. The number of ether oxygens (including phenoxy) is 1. The Morgan fingerprint density at radius 1 is 1.44 bits per heavy atom. The van der Waals surface area contributed by atoms with Gasteiger partial charge in [0.25, 0.3) is 0 Å². The van der Waals surface area contributed by atoms with Crippen LogP contribution in [0.1, 0.15) is 12.5 Å². The molecule has 0 aliphatic carbocycles. The molecule has 0 amide bonds. The summed E-state index contributed by atoms with van der Waals surface area (Å²) in [6.45, 7) is 1.91. The van der Waals surface area contributed by atoms with Crippen molar-refractivity contribution in [2.45, 2.75) is 13.5 Å². The monoisotopic (exact) mass is 322 g/mol. The van der Waals surface area contributed by atoms with E-state index in [1.807, 2.05) is 0 Å². The molecule has 1 rings (SSSR count). The van der Waals surface area contributed by atoms with Crippen LogP contribution in [0.4, 0.5) is 0 Å². The van der Waals surface area contributed by atoms with Gasteiger partial charge in [-0.05, 0) is 40.5 Å². The molecule has 0 bridgehead atoms. The van der Waals surface area contributed by atoms with Gasteiger partial charge in [-0.2, -0.15) is 0 Å². The molecule has 0 saturated carbocycles. The van der Waals surface area contributed by atoms with Gasteiger partial charge < -0.3 is 4.74 Å². The Hall–Kier alpha value is -0.510. The van der Waals surface area contributed by atoms with Crippen LogP contribution in [0.3, 0.4) is 0 Å². The molecule has 0 aliphatic rings. The summed E-state index contributed by atoms with van der Waals surface area (Å²) >= 11 is 14.7. The lowest BCUT2D eigenvalue weighted by atomic mass is 10.2. The fraction of sp³-hybridized carbons (Fsp3) is 0.182. The van der Waals surface area contributed by atoms with E-state index in [0.29, 0.717) is 14.5 Å². The fourth-order valence-electron chi connectivity index (χ4n) is 0.965. The molecule has 5 heteroatoms. The number of hydrogen-bond acceptors (Lipinski definition) is 2. The van der Waals surface area contributed by atoms with Gasteiger partial charge in [-0.15, -0.1) is 0 Å². The van der Waals surface area contributed by atoms with E-state index in [9.17, 15) is 4.79 Å². The van der Waals surface area contributed by atoms with Crippen molar-refractivity contribution in [1.82, 2.24) is 0 Å². The zero-order valence-electron chi connectivity index (χ0n) is 8.47. The van der Waals surface area contributed by atoms with E-state index in [4.69, 9.17) is 27.9 Å². The number of esters is 1. The molecule has 2 nitrogen and oxygen atoms in total. The first kappa shape index (κ1) is 13.6. The van der Waals surface area contributed by atoms with Gasteiger partial charge in [0.05, 0.1) is 14.5 Å². The van der Waals surface area contributed by atoms with Crippen molar-refractivity contribution in [3.05, 3.63) is 44.4 Å². The van der Waals surface area contributed by atoms with E-state index in [1.165, 1.54) is 0 Å². The molecule has 0 fully saturated rings. The number of rotatable bonds is 3. The van der Waals surface area contributed by atoms with Crippen LogP contribution < -0.4 is 0 Å². The van der Waals surface area contributed by atoms with E-state index in [-0.39, 0.29) is 6.61 Å².